The highest BCUT2D eigenvalue weighted by atomic mass is 19.1. The minimum Gasteiger partial charge on any atom is -0.334 e. The molecule has 3 aliphatic heterocycles. The molecule has 2 bridgehead atoms. The fourth-order valence-electron chi connectivity index (χ4n) is 4.54. The number of Topliss-reactive ketones (excluding diaryl/α,β-unsaturated/α-hetero) is 1. The zero-order valence-electron chi connectivity index (χ0n) is 16.1. The molecule has 0 unspecified atom stereocenters. The normalized spacial score (nSPS) is 22.1. The maximum absolute atomic E-state index is 13.3. The molecule has 0 radical (unpaired) electrons. The lowest BCUT2D eigenvalue weighted by atomic mass is 9.93. The second-order valence-corrected chi connectivity index (χ2v) is 7.98. The van der Waals surface area contributed by atoms with Crippen LogP contribution in [0.4, 0.5) is 4.39 Å². The number of halogens is 1. The minimum atomic E-state index is -0.222. The van der Waals surface area contributed by atoms with Crippen molar-refractivity contribution in [3.63, 3.8) is 0 Å². The van der Waals surface area contributed by atoms with Gasteiger partial charge >= 0.3 is 0 Å². The Labute approximate surface area is 164 Å². The van der Waals surface area contributed by atoms with Gasteiger partial charge in [0.15, 0.2) is 5.78 Å². The van der Waals surface area contributed by atoms with Gasteiger partial charge in [-0.15, -0.1) is 0 Å². The van der Waals surface area contributed by atoms with Crippen molar-refractivity contribution in [2.75, 3.05) is 19.6 Å². The Morgan fingerprint density at radius 2 is 1.68 bits per heavy atom. The average molecular weight is 380 g/mol. The zero-order valence-corrected chi connectivity index (χ0v) is 16.1. The highest BCUT2D eigenvalue weighted by Crippen LogP contribution is 2.30. The number of piperidine rings is 1. The van der Waals surface area contributed by atoms with Crippen molar-refractivity contribution in [1.82, 2.24) is 9.80 Å². The van der Waals surface area contributed by atoms with Gasteiger partial charge in [0.05, 0.1) is 5.56 Å². The molecule has 3 fully saturated rings. The molecule has 5 heteroatoms. The van der Waals surface area contributed by atoms with Gasteiger partial charge in [-0.25, -0.2) is 4.39 Å². The van der Waals surface area contributed by atoms with Crippen molar-refractivity contribution in [1.29, 1.82) is 0 Å². The molecule has 0 saturated carbocycles. The van der Waals surface area contributed by atoms with Crippen molar-refractivity contribution < 1.29 is 14.0 Å². The maximum atomic E-state index is 13.3. The number of carbonyl (C=O) groups excluding carboxylic acids is 2. The largest absolute Gasteiger partial charge is 0.334 e. The molecule has 1 amide bonds. The topological polar surface area (TPSA) is 40.6 Å². The Kier molecular flexibility index (Phi) is 5.27. The summed E-state index contributed by atoms with van der Waals surface area (Å²) < 4.78 is 13.2. The van der Waals surface area contributed by atoms with E-state index >= 15 is 0 Å². The van der Waals surface area contributed by atoms with Crippen LogP contribution in [0, 0.1) is 11.7 Å². The summed E-state index contributed by atoms with van der Waals surface area (Å²) in [7, 11) is 0. The molecule has 0 aromatic heterocycles. The molecular formula is C23H25FN2O2. The molecule has 0 aliphatic carbocycles. The van der Waals surface area contributed by atoms with Crippen LogP contribution in [0.3, 0.4) is 0 Å². The van der Waals surface area contributed by atoms with Gasteiger partial charge in [0.25, 0.3) is 5.91 Å². The van der Waals surface area contributed by atoms with Crippen molar-refractivity contribution in [2.24, 2.45) is 5.92 Å². The van der Waals surface area contributed by atoms with Gasteiger partial charge in [-0.1, -0.05) is 30.3 Å². The first-order valence-corrected chi connectivity index (χ1v) is 9.89. The standard InChI is InChI=1S/C23H25FN2O2/c1-16(27)21-4-2-3-5-22(21)23(28)26-14-18-8-11-20(26)15-25(13-18)12-17-6-9-19(24)10-7-17/h2-7,9-10,18,20H,8,11-15H2,1H3/t18-,20+/m0/s1. The number of benzene rings is 2. The number of hydrogen-bond donors (Lipinski definition) is 0. The summed E-state index contributed by atoms with van der Waals surface area (Å²) in [6.45, 7) is 4.74. The monoisotopic (exact) mass is 380 g/mol. The lowest BCUT2D eigenvalue weighted by molar-refractivity contribution is 0.0582. The summed E-state index contributed by atoms with van der Waals surface area (Å²) in [5, 5.41) is 0. The number of nitrogens with zero attached hydrogens (tertiary/aromatic N) is 2. The van der Waals surface area contributed by atoms with Crippen molar-refractivity contribution >= 4 is 11.7 Å². The van der Waals surface area contributed by atoms with E-state index in [0.29, 0.717) is 17.0 Å². The fraction of sp³-hybridized carbons (Fsp3) is 0.391. The number of rotatable bonds is 4. The lowest BCUT2D eigenvalue weighted by Gasteiger charge is -2.36. The quantitative estimate of drug-likeness (QED) is 0.759. The number of hydrogen-bond acceptors (Lipinski definition) is 3. The first-order valence-electron chi connectivity index (χ1n) is 9.89. The van der Waals surface area contributed by atoms with Crippen LogP contribution in [0.25, 0.3) is 0 Å². The van der Waals surface area contributed by atoms with Gasteiger partial charge in [-0.05, 0) is 49.4 Å². The van der Waals surface area contributed by atoms with Gasteiger partial charge in [-0.2, -0.15) is 0 Å². The van der Waals surface area contributed by atoms with E-state index in [1.165, 1.54) is 19.1 Å². The van der Waals surface area contributed by atoms with E-state index in [1.54, 1.807) is 18.2 Å². The number of fused-ring (bicyclic) bond motifs is 4. The van der Waals surface area contributed by atoms with E-state index < -0.39 is 0 Å². The summed E-state index contributed by atoms with van der Waals surface area (Å²) in [6, 6.07) is 13.9. The van der Waals surface area contributed by atoms with Crippen LogP contribution in [0.5, 0.6) is 0 Å². The molecule has 2 atom stereocenters. The average Bonchev–Trinajstić information content (AvgIpc) is 3.00. The number of ketones is 1. The van der Waals surface area contributed by atoms with Gasteiger partial charge in [0.1, 0.15) is 5.82 Å². The van der Waals surface area contributed by atoms with E-state index in [0.717, 1.165) is 44.6 Å². The molecule has 2 aromatic carbocycles. The smallest absolute Gasteiger partial charge is 0.254 e. The predicted octanol–water partition coefficient (Wildman–Crippen LogP) is 3.76. The van der Waals surface area contributed by atoms with E-state index in [4.69, 9.17) is 0 Å². The first-order chi connectivity index (χ1) is 13.5. The molecule has 0 N–H and O–H groups in total. The first kappa shape index (κ1) is 18.8. The predicted molar refractivity (Wildman–Crippen MR) is 106 cm³/mol. The molecule has 146 valence electrons. The number of carbonyl (C=O) groups is 2. The molecule has 4 nitrogen and oxygen atoms in total. The van der Waals surface area contributed by atoms with Crippen LogP contribution >= 0.6 is 0 Å². The van der Waals surface area contributed by atoms with Gasteiger partial charge < -0.3 is 4.90 Å². The molecule has 3 saturated heterocycles. The van der Waals surface area contributed by atoms with Crippen LogP contribution < -0.4 is 0 Å². The van der Waals surface area contributed by atoms with Crippen LogP contribution in [0.2, 0.25) is 0 Å². The Balaban J connectivity index is 1.53. The molecule has 2 aromatic rings. The molecule has 3 heterocycles. The highest BCUT2D eigenvalue weighted by Gasteiger charge is 2.38. The molecule has 5 rings (SSSR count). The Morgan fingerprint density at radius 3 is 2.39 bits per heavy atom. The SMILES string of the molecule is CC(=O)c1ccccc1C(=O)N1C[C@H]2CC[C@@H]1CN(Cc1ccc(F)cc1)C2. The highest BCUT2D eigenvalue weighted by molar-refractivity contribution is 6.07. The Bertz CT molecular complexity index is 880. The van der Waals surface area contributed by atoms with E-state index in [9.17, 15) is 14.0 Å². The van der Waals surface area contributed by atoms with Crippen molar-refractivity contribution in [3.05, 3.63) is 71.0 Å². The van der Waals surface area contributed by atoms with Gasteiger partial charge in [-0.3, -0.25) is 14.5 Å². The third-order valence-electron chi connectivity index (χ3n) is 5.91. The summed E-state index contributed by atoms with van der Waals surface area (Å²) in [5.74, 6) is 0.0826. The summed E-state index contributed by atoms with van der Waals surface area (Å²) in [4.78, 5) is 29.6. The Hall–Kier alpha value is -2.53. The Morgan fingerprint density at radius 1 is 0.964 bits per heavy atom. The molecule has 28 heavy (non-hydrogen) atoms. The molecule has 3 aliphatic rings. The van der Waals surface area contributed by atoms with Crippen LogP contribution in [0.15, 0.2) is 48.5 Å². The van der Waals surface area contributed by atoms with E-state index in [1.807, 2.05) is 23.1 Å². The summed E-state index contributed by atoms with van der Waals surface area (Å²) >= 11 is 0. The fourth-order valence-corrected chi connectivity index (χ4v) is 4.54. The van der Waals surface area contributed by atoms with Crippen molar-refractivity contribution in [2.45, 2.75) is 32.4 Å². The maximum Gasteiger partial charge on any atom is 0.254 e. The van der Waals surface area contributed by atoms with Crippen LogP contribution in [-0.4, -0.2) is 47.2 Å². The van der Waals surface area contributed by atoms with Crippen molar-refractivity contribution in [3.8, 4) is 0 Å². The second-order valence-electron chi connectivity index (χ2n) is 7.98. The summed E-state index contributed by atoms with van der Waals surface area (Å²) in [6.07, 6.45) is 2.10. The number of amides is 1. The summed E-state index contributed by atoms with van der Waals surface area (Å²) in [5.41, 5.74) is 2.09. The van der Waals surface area contributed by atoms with Crippen LogP contribution in [0.1, 0.15) is 46.0 Å². The minimum absolute atomic E-state index is 0.0378. The zero-order chi connectivity index (χ0) is 19.7. The molecular weight excluding hydrogens is 355 g/mol. The van der Waals surface area contributed by atoms with Gasteiger partial charge in [0.2, 0.25) is 0 Å². The van der Waals surface area contributed by atoms with Gasteiger partial charge in [0, 0.05) is 37.8 Å². The van der Waals surface area contributed by atoms with Crippen LogP contribution in [-0.2, 0) is 6.54 Å². The molecule has 0 spiro atoms. The second kappa shape index (κ2) is 7.84. The third kappa shape index (κ3) is 3.85. The van der Waals surface area contributed by atoms with E-state index in [-0.39, 0.29) is 23.5 Å². The lowest BCUT2D eigenvalue weighted by Crippen LogP contribution is -2.47. The van der Waals surface area contributed by atoms with E-state index in [2.05, 4.69) is 4.90 Å². The third-order valence-corrected chi connectivity index (χ3v) is 5.91.